The van der Waals surface area contributed by atoms with Crippen LogP contribution in [0, 0.1) is 11.6 Å². The van der Waals surface area contributed by atoms with Crippen LogP contribution in [0.3, 0.4) is 0 Å². The Morgan fingerprint density at radius 1 is 1.07 bits per heavy atom. The summed E-state index contributed by atoms with van der Waals surface area (Å²) < 4.78 is 44.5. The molecule has 41 heavy (non-hydrogen) atoms. The predicted molar refractivity (Wildman–Crippen MR) is 140 cm³/mol. The Balaban J connectivity index is 1.13. The van der Waals surface area contributed by atoms with Gasteiger partial charge in [-0.2, -0.15) is 0 Å². The first-order valence-corrected chi connectivity index (χ1v) is 13.2. The Bertz CT molecular complexity index is 1390. The van der Waals surface area contributed by atoms with Crippen molar-refractivity contribution < 1.29 is 27.6 Å². The highest BCUT2D eigenvalue weighted by Gasteiger charge is 2.35. The smallest absolute Gasteiger partial charge is 0.253 e. The van der Waals surface area contributed by atoms with E-state index < -0.39 is 24.2 Å². The minimum atomic E-state index is -0.762. The first-order chi connectivity index (χ1) is 19.8. The van der Waals surface area contributed by atoms with Gasteiger partial charge in [0, 0.05) is 45.1 Å². The zero-order chi connectivity index (χ0) is 28.9. The monoisotopic (exact) mass is 570 g/mol. The van der Waals surface area contributed by atoms with E-state index in [1.807, 2.05) is 4.90 Å². The maximum atomic E-state index is 15.2. The number of Topliss-reactive ketones (excluding diaryl/α,β-unsaturated/α-hetero) is 1. The number of hydrogen-bond acceptors (Lipinski definition) is 8. The molecule has 2 saturated heterocycles. The average Bonchev–Trinajstić information content (AvgIpc) is 3.59. The minimum Gasteiger partial charge on any atom is -0.364 e. The number of carbonyl (C=O) groups is 3. The summed E-state index contributed by atoms with van der Waals surface area (Å²) in [6.07, 6.45) is 4.76. The molecule has 3 aromatic rings. The molecule has 0 spiro atoms. The fourth-order valence-electron chi connectivity index (χ4n) is 5.13. The molecule has 1 N–H and O–H groups in total. The van der Waals surface area contributed by atoms with Crippen LogP contribution in [0.1, 0.15) is 34.0 Å². The molecular weight excluding hydrogens is 541 g/mol. The summed E-state index contributed by atoms with van der Waals surface area (Å²) in [5.74, 6) is -3.06. The number of carbonyl (C=O) groups excluding carboxylic acids is 3. The van der Waals surface area contributed by atoms with Gasteiger partial charge >= 0.3 is 0 Å². The molecule has 4 heterocycles. The molecule has 11 nitrogen and oxygen atoms in total. The van der Waals surface area contributed by atoms with Crippen LogP contribution >= 0.6 is 0 Å². The third kappa shape index (κ3) is 6.53. The number of hydrogen-bond donors (Lipinski definition) is 1. The third-order valence-electron chi connectivity index (χ3n) is 7.24. The summed E-state index contributed by atoms with van der Waals surface area (Å²) in [5, 5.41) is 10.0. The van der Waals surface area contributed by atoms with Crippen LogP contribution in [0.25, 0.3) is 0 Å². The van der Waals surface area contributed by atoms with E-state index in [4.69, 9.17) is 0 Å². The second kappa shape index (κ2) is 12.5. The van der Waals surface area contributed by atoms with Gasteiger partial charge in [-0.15, -0.1) is 5.10 Å². The van der Waals surface area contributed by atoms with Gasteiger partial charge in [-0.25, -0.2) is 17.9 Å². The highest BCUT2D eigenvalue weighted by Crippen LogP contribution is 2.34. The second-order valence-electron chi connectivity index (χ2n) is 10.0. The number of piperazine rings is 1. The van der Waals surface area contributed by atoms with Gasteiger partial charge in [0.25, 0.3) is 5.91 Å². The highest BCUT2D eigenvalue weighted by molar-refractivity contribution is 5.96. The van der Waals surface area contributed by atoms with Crippen molar-refractivity contribution >= 4 is 23.3 Å². The molecule has 216 valence electrons. The molecule has 2 fully saturated rings. The minimum absolute atomic E-state index is 0.0784. The summed E-state index contributed by atoms with van der Waals surface area (Å²) in [6.45, 7) is 1.08. The summed E-state index contributed by atoms with van der Waals surface area (Å²) >= 11 is 0. The van der Waals surface area contributed by atoms with Gasteiger partial charge in [-0.1, -0.05) is 5.21 Å². The van der Waals surface area contributed by atoms with E-state index in [-0.39, 0.29) is 54.3 Å². The maximum Gasteiger partial charge on any atom is 0.253 e. The molecule has 1 atom stereocenters. The lowest BCUT2D eigenvalue weighted by Gasteiger charge is -2.36. The van der Waals surface area contributed by atoms with Crippen LogP contribution in [-0.2, 0) is 22.9 Å². The van der Waals surface area contributed by atoms with Crippen molar-refractivity contribution in [1.29, 1.82) is 0 Å². The first-order valence-electron chi connectivity index (χ1n) is 13.2. The van der Waals surface area contributed by atoms with Crippen LogP contribution in [0.4, 0.5) is 18.9 Å². The van der Waals surface area contributed by atoms with Gasteiger partial charge in [0.2, 0.25) is 5.91 Å². The summed E-state index contributed by atoms with van der Waals surface area (Å²) in [6, 6.07) is 5.65. The quantitative estimate of drug-likeness (QED) is 0.390. The van der Waals surface area contributed by atoms with E-state index >= 15 is 8.78 Å². The number of ketones is 1. The Hall–Kier alpha value is -4.33. The van der Waals surface area contributed by atoms with E-state index in [0.717, 1.165) is 0 Å². The number of nitrogens with zero attached hydrogens (tertiary/aromatic N) is 7. The standard InChI is InChI=1S/C27H29F3N8O3/c28-12-20-15-38(34-33-20)17-37-5-3-22(27(37)41)19-10-23(29)25(24(30)11-19)36-8-6-35(7-9-36)16-21(39)14-32-26(40)18-2-1-4-31-13-18/h1-2,4,10-11,13,15,22H,3,5-9,12,14,16-17H2,(H,32,40)/t22-/m1/s1. The normalized spacial score (nSPS) is 17.7. The number of aromatic nitrogens is 4. The third-order valence-corrected chi connectivity index (χ3v) is 7.24. The Morgan fingerprint density at radius 3 is 2.49 bits per heavy atom. The lowest BCUT2D eigenvalue weighted by Crippen LogP contribution is -2.49. The molecule has 0 bridgehead atoms. The lowest BCUT2D eigenvalue weighted by molar-refractivity contribution is -0.130. The van der Waals surface area contributed by atoms with Gasteiger partial charge in [-0.3, -0.25) is 24.3 Å². The molecule has 2 aromatic heterocycles. The number of benzene rings is 1. The number of likely N-dealkylation sites (tertiary alicyclic amines) is 1. The van der Waals surface area contributed by atoms with E-state index in [9.17, 15) is 18.8 Å². The largest absolute Gasteiger partial charge is 0.364 e. The van der Waals surface area contributed by atoms with Crippen molar-refractivity contribution in [3.63, 3.8) is 0 Å². The summed E-state index contributed by atoms with van der Waals surface area (Å²) in [4.78, 5) is 46.3. The molecular formula is C27H29F3N8O3. The number of halogens is 3. The maximum absolute atomic E-state index is 15.2. The molecule has 2 aliphatic rings. The van der Waals surface area contributed by atoms with Gasteiger partial charge in [0.15, 0.2) is 5.78 Å². The van der Waals surface area contributed by atoms with Crippen LogP contribution < -0.4 is 10.2 Å². The van der Waals surface area contributed by atoms with Crippen molar-refractivity contribution in [2.75, 3.05) is 50.7 Å². The van der Waals surface area contributed by atoms with Crippen LogP contribution in [0.5, 0.6) is 0 Å². The molecule has 2 amide bonds. The predicted octanol–water partition coefficient (Wildman–Crippen LogP) is 1.52. The lowest BCUT2D eigenvalue weighted by atomic mass is 9.96. The number of anilines is 1. The number of rotatable bonds is 10. The van der Waals surface area contributed by atoms with Crippen LogP contribution in [0.15, 0.2) is 42.9 Å². The summed E-state index contributed by atoms with van der Waals surface area (Å²) in [5.41, 5.74) is 0.619. The molecule has 0 unspecified atom stereocenters. The average molecular weight is 571 g/mol. The van der Waals surface area contributed by atoms with Crippen molar-refractivity contribution in [2.24, 2.45) is 0 Å². The Labute approximate surface area is 233 Å². The van der Waals surface area contributed by atoms with Gasteiger partial charge in [0.1, 0.15) is 36.4 Å². The molecule has 0 aliphatic carbocycles. The van der Waals surface area contributed by atoms with Crippen molar-refractivity contribution in [3.8, 4) is 0 Å². The van der Waals surface area contributed by atoms with Gasteiger partial charge in [0.05, 0.1) is 30.8 Å². The van der Waals surface area contributed by atoms with E-state index in [1.165, 1.54) is 34.1 Å². The zero-order valence-electron chi connectivity index (χ0n) is 22.2. The van der Waals surface area contributed by atoms with Crippen LogP contribution in [0.2, 0.25) is 0 Å². The fourth-order valence-corrected chi connectivity index (χ4v) is 5.13. The van der Waals surface area contributed by atoms with Crippen molar-refractivity contribution in [2.45, 2.75) is 25.7 Å². The Morgan fingerprint density at radius 2 is 1.83 bits per heavy atom. The van der Waals surface area contributed by atoms with Gasteiger partial charge < -0.3 is 15.1 Å². The van der Waals surface area contributed by atoms with Crippen LogP contribution in [-0.4, -0.2) is 93.2 Å². The Kier molecular flexibility index (Phi) is 8.57. The molecule has 5 rings (SSSR count). The number of alkyl halides is 1. The second-order valence-corrected chi connectivity index (χ2v) is 10.0. The fraction of sp³-hybridized carbons (Fsp3) is 0.407. The topological polar surface area (TPSA) is 117 Å². The van der Waals surface area contributed by atoms with Crippen molar-refractivity contribution in [3.05, 3.63) is 71.3 Å². The molecule has 2 aliphatic heterocycles. The number of amides is 2. The first kappa shape index (κ1) is 28.2. The molecule has 0 radical (unpaired) electrons. The molecule has 0 saturated carbocycles. The highest BCUT2D eigenvalue weighted by atomic mass is 19.1. The number of nitrogens with one attached hydrogen (secondary N) is 1. The summed E-state index contributed by atoms with van der Waals surface area (Å²) in [7, 11) is 0. The van der Waals surface area contributed by atoms with Crippen molar-refractivity contribution in [1.82, 2.24) is 35.1 Å². The number of pyridine rings is 1. The van der Waals surface area contributed by atoms with Gasteiger partial charge in [-0.05, 0) is 36.2 Å². The molecule has 1 aromatic carbocycles. The zero-order valence-corrected chi connectivity index (χ0v) is 22.2. The molecule has 14 heteroatoms. The van der Waals surface area contributed by atoms with E-state index in [0.29, 0.717) is 44.7 Å². The van der Waals surface area contributed by atoms with E-state index in [1.54, 1.807) is 23.2 Å². The van der Waals surface area contributed by atoms with E-state index in [2.05, 4.69) is 20.6 Å². The SMILES string of the molecule is O=C(CNC(=O)c1cccnc1)CN1CCN(c2c(F)cc([C@H]3CCN(Cn4cc(CF)nn4)C3=O)cc2F)CC1.